The molecule has 0 aliphatic carbocycles. The number of benzene rings is 2. The molecule has 1 amide bonds. The number of hydrogen-bond acceptors (Lipinski definition) is 8. The minimum absolute atomic E-state index is 0.0701. The zero-order chi connectivity index (χ0) is 24.1. The van der Waals surface area contributed by atoms with Crippen LogP contribution in [0, 0.1) is 0 Å². The van der Waals surface area contributed by atoms with Gasteiger partial charge in [0, 0.05) is 17.7 Å². The molecule has 2 aromatic carbocycles. The molecule has 174 valence electrons. The second-order valence-electron chi connectivity index (χ2n) is 6.96. The molecular formula is C23H23NO9. The van der Waals surface area contributed by atoms with Crippen molar-refractivity contribution in [2.75, 3.05) is 27.9 Å². The summed E-state index contributed by atoms with van der Waals surface area (Å²) in [7, 11) is 4.50. The largest absolute Gasteiger partial charge is 0.496 e. The normalized spacial score (nSPS) is 14.2. The molecule has 3 rings (SSSR count). The van der Waals surface area contributed by atoms with Crippen molar-refractivity contribution in [3.63, 3.8) is 0 Å². The molecule has 1 unspecified atom stereocenters. The van der Waals surface area contributed by atoms with Crippen LogP contribution in [0.25, 0.3) is 6.08 Å². The first-order valence-corrected chi connectivity index (χ1v) is 9.80. The van der Waals surface area contributed by atoms with Crippen LogP contribution in [0.1, 0.15) is 22.8 Å². The minimum atomic E-state index is -1.15. The first-order chi connectivity index (χ1) is 15.8. The van der Waals surface area contributed by atoms with E-state index in [1.807, 2.05) is 0 Å². The van der Waals surface area contributed by atoms with Crippen LogP contribution < -0.4 is 29.0 Å². The van der Waals surface area contributed by atoms with Gasteiger partial charge in [-0.25, -0.2) is 0 Å². The molecule has 0 spiro atoms. The number of hydrogen-bond donors (Lipinski definition) is 2. The molecule has 1 aliphatic heterocycles. The minimum Gasteiger partial charge on any atom is -0.496 e. The van der Waals surface area contributed by atoms with Gasteiger partial charge in [-0.3, -0.25) is 14.4 Å². The maximum absolute atomic E-state index is 12.8. The fourth-order valence-corrected chi connectivity index (χ4v) is 3.06. The van der Waals surface area contributed by atoms with Gasteiger partial charge in [-0.15, -0.1) is 0 Å². The van der Waals surface area contributed by atoms with E-state index in [0.29, 0.717) is 28.4 Å². The maximum Gasteiger partial charge on any atom is 0.325 e. The standard InChI is InChI=1S/C23H23NO9/c1-12(23(27)28)24-21(25)11-32-14-5-6-15-17(9-14)33-20(22(15)26)8-13-7-18(30-3)19(31-4)10-16(13)29-2/h5-10,12H,11H2,1-4H3,(H,24,25)(H,27,28). The van der Waals surface area contributed by atoms with Crippen LogP contribution in [-0.2, 0) is 9.59 Å². The Morgan fingerprint density at radius 2 is 1.73 bits per heavy atom. The zero-order valence-electron chi connectivity index (χ0n) is 18.5. The highest BCUT2D eigenvalue weighted by Gasteiger charge is 2.28. The van der Waals surface area contributed by atoms with Gasteiger partial charge in [-0.2, -0.15) is 0 Å². The molecule has 0 bridgehead atoms. The van der Waals surface area contributed by atoms with E-state index in [0.717, 1.165) is 0 Å². The number of Topliss-reactive ketones (excluding diaryl/α,β-unsaturated/α-hetero) is 1. The number of ether oxygens (including phenoxy) is 5. The van der Waals surface area contributed by atoms with Crippen LogP contribution in [-0.4, -0.2) is 56.7 Å². The van der Waals surface area contributed by atoms with Crippen LogP contribution >= 0.6 is 0 Å². The number of allylic oxidation sites excluding steroid dienone is 1. The molecule has 0 aromatic heterocycles. The molecule has 2 aromatic rings. The van der Waals surface area contributed by atoms with E-state index in [-0.39, 0.29) is 23.0 Å². The first-order valence-electron chi connectivity index (χ1n) is 9.80. The summed E-state index contributed by atoms with van der Waals surface area (Å²) in [5.74, 6) is -0.0737. The number of aliphatic carboxylic acids is 1. The third kappa shape index (κ3) is 5.17. The summed E-state index contributed by atoms with van der Waals surface area (Å²) in [5.41, 5.74) is 0.879. The van der Waals surface area contributed by atoms with E-state index in [4.69, 9.17) is 28.8 Å². The SMILES string of the molecule is COc1cc(OC)c(OC)cc1C=C1Oc2cc(OCC(=O)NC(C)C(=O)O)ccc2C1=O. The Morgan fingerprint density at radius 1 is 1.06 bits per heavy atom. The lowest BCUT2D eigenvalue weighted by atomic mass is 10.1. The number of carboxylic acids is 1. The highest BCUT2D eigenvalue weighted by molar-refractivity contribution is 6.14. The summed E-state index contributed by atoms with van der Waals surface area (Å²) in [6.45, 7) is 0.951. The molecule has 0 radical (unpaired) electrons. The van der Waals surface area contributed by atoms with Gasteiger partial charge in [0.25, 0.3) is 5.91 Å². The average molecular weight is 457 g/mol. The van der Waals surface area contributed by atoms with Gasteiger partial charge in [0.05, 0.1) is 26.9 Å². The van der Waals surface area contributed by atoms with Gasteiger partial charge in [0.1, 0.15) is 23.3 Å². The molecule has 0 saturated heterocycles. The van der Waals surface area contributed by atoms with Gasteiger partial charge in [-0.1, -0.05) is 0 Å². The Hall–Kier alpha value is -4.21. The van der Waals surface area contributed by atoms with Crippen LogP contribution in [0.15, 0.2) is 36.1 Å². The van der Waals surface area contributed by atoms with E-state index in [1.165, 1.54) is 52.5 Å². The number of methoxy groups -OCH3 is 3. The quantitative estimate of drug-likeness (QED) is 0.545. The number of amides is 1. The summed E-state index contributed by atoms with van der Waals surface area (Å²) in [4.78, 5) is 35.4. The Kier molecular flexibility index (Phi) is 7.07. The van der Waals surface area contributed by atoms with Crippen molar-refractivity contribution in [1.29, 1.82) is 0 Å². The van der Waals surface area contributed by atoms with Crippen molar-refractivity contribution >= 4 is 23.7 Å². The Bertz CT molecular complexity index is 1120. The summed E-state index contributed by atoms with van der Waals surface area (Å²) < 4.78 is 27.1. The molecule has 0 saturated carbocycles. The van der Waals surface area contributed by atoms with E-state index in [1.54, 1.807) is 12.1 Å². The predicted molar refractivity (Wildman–Crippen MR) is 116 cm³/mol. The molecular weight excluding hydrogens is 434 g/mol. The molecule has 2 N–H and O–H groups in total. The number of nitrogens with one attached hydrogen (secondary N) is 1. The molecule has 0 fully saturated rings. The number of carboxylic acid groups (broad SMARTS) is 1. The fraction of sp³-hybridized carbons (Fsp3) is 0.261. The number of fused-ring (bicyclic) bond motifs is 1. The maximum atomic E-state index is 12.8. The Balaban J connectivity index is 1.78. The van der Waals surface area contributed by atoms with Crippen molar-refractivity contribution in [3.05, 3.63) is 47.2 Å². The van der Waals surface area contributed by atoms with Crippen LogP contribution in [0.4, 0.5) is 0 Å². The van der Waals surface area contributed by atoms with Crippen molar-refractivity contribution in [2.24, 2.45) is 0 Å². The lowest BCUT2D eigenvalue weighted by molar-refractivity contribution is -0.141. The second kappa shape index (κ2) is 9.94. The van der Waals surface area contributed by atoms with Gasteiger partial charge < -0.3 is 34.1 Å². The van der Waals surface area contributed by atoms with Gasteiger partial charge in [0.15, 0.2) is 23.9 Å². The molecule has 33 heavy (non-hydrogen) atoms. The molecule has 10 nitrogen and oxygen atoms in total. The lowest BCUT2D eigenvalue weighted by Crippen LogP contribution is -2.40. The third-order valence-electron chi connectivity index (χ3n) is 4.78. The number of rotatable bonds is 9. The highest BCUT2D eigenvalue weighted by atomic mass is 16.5. The van der Waals surface area contributed by atoms with Crippen LogP contribution in [0.2, 0.25) is 0 Å². The van der Waals surface area contributed by atoms with Crippen molar-refractivity contribution in [1.82, 2.24) is 5.32 Å². The Morgan fingerprint density at radius 3 is 2.36 bits per heavy atom. The van der Waals surface area contributed by atoms with Crippen LogP contribution in [0.5, 0.6) is 28.7 Å². The van der Waals surface area contributed by atoms with E-state index in [2.05, 4.69) is 5.32 Å². The first kappa shape index (κ1) is 23.5. The van der Waals surface area contributed by atoms with E-state index < -0.39 is 24.5 Å². The Labute approximate surface area is 189 Å². The topological polar surface area (TPSA) is 130 Å². The summed E-state index contributed by atoms with van der Waals surface area (Å²) in [6, 6.07) is 6.79. The lowest BCUT2D eigenvalue weighted by Gasteiger charge is -2.12. The van der Waals surface area contributed by atoms with Gasteiger partial charge in [-0.05, 0) is 31.2 Å². The molecule has 1 atom stereocenters. The number of ketones is 1. The van der Waals surface area contributed by atoms with Crippen molar-refractivity contribution in [2.45, 2.75) is 13.0 Å². The summed E-state index contributed by atoms with van der Waals surface area (Å²) >= 11 is 0. The number of carbonyl (C=O) groups is 3. The van der Waals surface area contributed by atoms with Gasteiger partial charge >= 0.3 is 5.97 Å². The predicted octanol–water partition coefficient (Wildman–Crippen LogP) is 2.30. The summed E-state index contributed by atoms with van der Waals surface area (Å²) in [5, 5.41) is 11.1. The van der Waals surface area contributed by atoms with Crippen molar-refractivity contribution in [3.8, 4) is 28.7 Å². The van der Waals surface area contributed by atoms with Gasteiger partial charge in [0.2, 0.25) is 5.78 Å². The molecule has 10 heteroatoms. The number of carbonyl (C=O) groups excluding carboxylic acids is 2. The fourth-order valence-electron chi connectivity index (χ4n) is 3.06. The van der Waals surface area contributed by atoms with Crippen LogP contribution in [0.3, 0.4) is 0 Å². The monoisotopic (exact) mass is 457 g/mol. The van der Waals surface area contributed by atoms with Crippen molar-refractivity contribution < 1.29 is 43.2 Å². The smallest absolute Gasteiger partial charge is 0.325 e. The third-order valence-corrected chi connectivity index (χ3v) is 4.78. The second-order valence-corrected chi connectivity index (χ2v) is 6.96. The highest BCUT2D eigenvalue weighted by Crippen LogP contribution is 2.39. The summed E-state index contributed by atoms with van der Waals surface area (Å²) in [6.07, 6.45) is 1.53. The zero-order valence-corrected chi connectivity index (χ0v) is 18.5. The molecule has 1 aliphatic rings. The average Bonchev–Trinajstić information content (AvgIpc) is 3.11. The van der Waals surface area contributed by atoms with E-state index in [9.17, 15) is 14.4 Å². The molecule has 1 heterocycles. The van der Waals surface area contributed by atoms with E-state index >= 15 is 0 Å².